The predicted octanol–water partition coefficient (Wildman–Crippen LogP) is 1.47. The zero-order chi connectivity index (χ0) is 13.3. The molecule has 2 rings (SSSR count). The Hall–Kier alpha value is -1.07. The van der Waals surface area contributed by atoms with Crippen LogP contribution in [-0.2, 0) is 4.74 Å². The van der Waals surface area contributed by atoms with Crippen LogP contribution in [0.1, 0.15) is 32.1 Å². The average Bonchev–Trinajstić information content (AvgIpc) is 2.47. The van der Waals surface area contributed by atoms with Gasteiger partial charge in [0.2, 0.25) is 0 Å². The maximum absolute atomic E-state index is 11.6. The van der Waals surface area contributed by atoms with E-state index in [1.165, 1.54) is 24.8 Å². The Morgan fingerprint density at radius 2 is 1.95 bits per heavy atom. The second-order valence-corrected chi connectivity index (χ2v) is 5.22. The van der Waals surface area contributed by atoms with Gasteiger partial charge in [-0.25, -0.2) is 4.79 Å². The van der Waals surface area contributed by atoms with Gasteiger partial charge in [0.05, 0.1) is 13.2 Å². The van der Waals surface area contributed by atoms with Gasteiger partial charge >= 0.3 is 6.03 Å². The van der Waals surface area contributed by atoms with Gasteiger partial charge < -0.3 is 15.4 Å². The van der Waals surface area contributed by atoms with Gasteiger partial charge in [0.1, 0.15) is 0 Å². The molecule has 2 amide bonds. The van der Waals surface area contributed by atoms with Gasteiger partial charge in [0.25, 0.3) is 0 Å². The van der Waals surface area contributed by atoms with Crippen molar-refractivity contribution in [2.45, 2.75) is 32.1 Å². The highest BCUT2D eigenvalue weighted by atomic mass is 16.5. The molecule has 1 saturated heterocycles. The molecule has 0 aromatic heterocycles. The topological polar surface area (TPSA) is 53.6 Å². The fraction of sp³-hybridized carbons (Fsp3) is 0.786. The molecule has 108 valence electrons. The minimum absolute atomic E-state index is 0.0914. The summed E-state index contributed by atoms with van der Waals surface area (Å²) >= 11 is 0. The molecule has 2 fully saturated rings. The zero-order valence-electron chi connectivity index (χ0n) is 11.6. The number of nitrogens with zero attached hydrogens (tertiary/aromatic N) is 1. The van der Waals surface area contributed by atoms with Crippen LogP contribution in [0.15, 0.2) is 11.8 Å². The molecule has 0 aromatic rings. The number of urea groups is 1. The highest BCUT2D eigenvalue weighted by Gasteiger charge is 2.10. The van der Waals surface area contributed by atoms with Crippen LogP contribution in [0.2, 0.25) is 0 Å². The lowest BCUT2D eigenvalue weighted by Crippen LogP contribution is -2.42. The van der Waals surface area contributed by atoms with E-state index in [0.29, 0.717) is 6.54 Å². The van der Waals surface area contributed by atoms with Crippen molar-refractivity contribution in [1.29, 1.82) is 0 Å². The molecule has 2 aliphatic rings. The Balaban J connectivity index is 1.56. The first-order valence-electron chi connectivity index (χ1n) is 7.37. The van der Waals surface area contributed by atoms with Crippen molar-refractivity contribution < 1.29 is 9.53 Å². The van der Waals surface area contributed by atoms with E-state index in [9.17, 15) is 4.79 Å². The number of ether oxygens (including phenoxy) is 1. The van der Waals surface area contributed by atoms with Gasteiger partial charge in [0, 0.05) is 32.4 Å². The zero-order valence-corrected chi connectivity index (χ0v) is 11.6. The van der Waals surface area contributed by atoms with Crippen LogP contribution in [0.25, 0.3) is 0 Å². The Bertz CT molecular complexity index is 304. The highest BCUT2D eigenvalue weighted by molar-refractivity contribution is 5.74. The first-order valence-corrected chi connectivity index (χ1v) is 7.37. The van der Waals surface area contributed by atoms with E-state index in [4.69, 9.17) is 4.74 Å². The van der Waals surface area contributed by atoms with Gasteiger partial charge in [0.15, 0.2) is 0 Å². The molecule has 0 atom stereocenters. The van der Waals surface area contributed by atoms with E-state index < -0.39 is 0 Å². The van der Waals surface area contributed by atoms with Crippen molar-refractivity contribution in [3.8, 4) is 0 Å². The molecule has 1 heterocycles. The molecule has 1 aliphatic carbocycles. The van der Waals surface area contributed by atoms with Gasteiger partial charge in [-0.05, 0) is 25.7 Å². The summed E-state index contributed by atoms with van der Waals surface area (Å²) in [5, 5.41) is 5.73. The lowest BCUT2D eigenvalue weighted by molar-refractivity contribution is 0.0387. The molecule has 0 bridgehead atoms. The third kappa shape index (κ3) is 5.61. The van der Waals surface area contributed by atoms with Crippen LogP contribution < -0.4 is 10.6 Å². The quantitative estimate of drug-likeness (QED) is 0.811. The standard InChI is InChI=1S/C14H25N3O2/c18-14(16-12-13-4-2-1-3-5-13)15-6-7-17-8-10-19-11-9-17/h12H,1-11H2,(H2,15,16,18). The highest BCUT2D eigenvalue weighted by Crippen LogP contribution is 2.21. The average molecular weight is 267 g/mol. The fourth-order valence-electron chi connectivity index (χ4n) is 2.52. The molecule has 5 heteroatoms. The van der Waals surface area contributed by atoms with Crippen LogP contribution in [-0.4, -0.2) is 50.3 Å². The van der Waals surface area contributed by atoms with Crippen LogP contribution in [0.5, 0.6) is 0 Å². The molecule has 1 saturated carbocycles. The van der Waals surface area contributed by atoms with E-state index in [1.54, 1.807) is 0 Å². The summed E-state index contributed by atoms with van der Waals surface area (Å²) < 4.78 is 5.28. The molecule has 19 heavy (non-hydrogen) atoms. The van der Waals surface area contributed by atoms with E-state index >= 15 is 0 Å². The van der Waals surface area contributed by atoms with Crippen molar-refractivity contribution in [3.05, 3.63) is 11.8 Å². The van der Waals surface area contributed by atoms with Gasteiger partial charge in [-0.1, -0.05) is 12.0 Å². The van der Waals surface area contributed by atoms with Crippen LogP contribution in [0, 0.1) is 0 Å². The molecule has 1 aliphatic heterocycles. The van der Waals surface area contributed by atoms with E-state index in [0.717, 1.165) is 45.7 Å². The van der Waals surface area contributed by atoms with Crippen molar-refractivity contribution in [1.82, 2.24) is 15.5 Å². The summed E-state index contributed by atoms with van der Waals surface area (Å²) in [6, 6.07) is -0.0914. The summed E-state index contributed by atoms with van der Waals surface area (Å²) in [4.78, 5) is 13.9. The minimum atomic E-state index is -0.0914. The SMILES string of the molecule is O=C(NC=C1CCCCC1)NCCN1CCOCC1. The van der Waals surface area contributed by atoms with Gasteiger partial charge in [-0.15, -0.1) is 0 Å². The minimum Gasteiger partial charge on any atom is -0.379 e. The number of hydrogen-bond acceptors (Lipinski definition) is 3. The fourth-order valence-corrected chi connectivity index (χ4v) is 2.52. The lowest BCUT2D eigenvalue weighted by Gasteiger charge is -2.26. The molecule has 0 spiro atoms. The number of amides is 2. The summed E-state index contributed by atoms with van der Waals surface area (Å²) in [7, 11) is 0. The molecule has 0 unspecified atom stereocenters. The number of allylic oxidation sites excluding steroid dienone is 1. The van der Waals surface area contributed by atoms with E-state index in [1.807, 2.05) is 6.20 Å². The summed E-state index contributed by atoms with van der Waals surface area (Å²) in [6.45, 7) is 5.12. The molecule has 0 aromatic carbocycles. The number of rotatable bonds is 4. The monoisotopic (exact) mass is 267 g/mol. The molecular formula is C14H25N3O2. The van der Waals surface area contributed by atoms with Crippen molar-refractivity contribution >= 4 is 6.03 Å². The van der Waals surface area contributed by atoms with Crippen molar-refractivity contribution in [2.75, 3.05) is 39.4 Å². The van der Waals surface area contributed by atoms with E-state index in [-0.39, 0.29) is 6.03 Å². The number of nitrogens with one attached hydrogen (secondary N) is 2. The molecule has 0 radical (unpaired) electrons. The van der Waals surface area contributed by atoms with Crippen LogP contribution in [0.3, 0.4) is 0 Å². The first-order chi connectivity index (χ1) is 9.34. The Kier molecular flexibility index (Phi) is 6.17. The first kappa shape index (κ1) is 14.3. The summed E-state index contributed by atoms with van der Waals surface area (Å²) in [6.07, 6.45) is 7.99. The molecular weight excluding hydrogens is 242 g/mol. The normalized spacial score (nSPS) is 20.9. The molecule has 5 nitrogen and oxygen atoms in total. The van der Waals surface area contributed by atoms with Gasteiger partial charge in [-0.2, -0.15) is 0 Å². The third-order valence-corrected chi connectivity index (χ3v) is 3.72. The summed E-state index contributed by atoms with van der Waals surface area (Å²) in [5.74, 6) is 0. The van der Waals surface area contributed by atoms with E-state index in [2.05, 4.69) is 15.5 Å². The number of hydrogen-bond donors (Lipinski definition) is 2. The number of carbonyl (C=O) groups is 1. The second-order valence-electron chi connectivity index (χ2n) is 5.22. The van der Waals surface area contributed by atoms with Crippen molar-refractivity contribution in [3.63, 3.8) is 0 Å². The number of carbonyl (C=O) groups excluding carboxylic acids is 1. The Morgan fingerprint density at radius 3 is 2.68 bits per heavy atom. The van der Waals surface area contributed by atoms with Crippen LogP contribution >= 0.6 is 0 Å². The predicted molar refractivity (Wildman–Crippen MR) is 75.0 cm³/mol. The largest absolute Gasteiger partial charge is 0.379 e. The van der Waals surface area contributed by atoms with Crippen LogP contribution in [0.4, 0.5) is 4.79 Å². The molecule has 2 N–H and O–H groups in total. The summed E-state index contributed by atoms with van der Waals surface area (Å²) in [5.41, 5.74) is 1.37. The lowest BCUT2D eigenvalue weighted by atomic mass is 9.96. The van der Waals surface area contributed by atoms with Gasteiger partial charge in [-0.3, -0.25) is 4.90 Å². The third-order valence-electron chi connectivity index (χ3n) is 3.72. The Labute approximate surface area is 115 Å². The van der Waals surface area contributed by atoms with Crippen molar-refractivity contribution in [2.24, 2.45) is 0 Å². The second kappa shape index (κ2) is 8.17. The number of morpholine rings is 1. The smallest absolute Gasteiger partial charge is 0.318 e. The maximum atomic E-state index is 11.6. The maximum Gasteiger partial charge on any atom is 0.318 e. The Morgan fingerprint density at radius 1 is 1.21 bits per heavy atom.